The number of amides is 1. The third kappa shape index (κ3) is 4.16. The van der Waals surface area contributed by atoms with Crippen molar-refractivity contribution in [1.29, 1.82) is 0 Å². The second-order valence-electron chi connectivity index (χ2n) is 7.95. The number of aromatic nitrogens is 4. The van der Waals surface area contributed by atoms with Crippen LogP contribution in [0.15, 0.2) is 48.8 Å². The van der Waals surface area contributed by atoms with Crippen molar-refractivity contribution < 1.29 is 9.53 Å². The minimum atomic E-state index is -0.0164. The molecule has 160 valence electrons. The van der Waals surface area contributed by atoms with Crippen LogP contribution in [0.1, 0.15) is 29.0 Å². The van der Waals surface area contributed by atoms with Gasteiger partial charge in [-0.1, -0.05) is 12.1 Å². The van der Waals surface area contributed by atoms with Crippen LogP contribution in [0.2, 0.25) is 0 Å². The lowest BCUT2D eigenvalue weighted by Gasteiger charge is -2.30. The van der Waals surface area contributed by atoms with E-state index < -0.39 is 0 Å². The van der Waals surface area contributed by atoms with Crippen molar-refractivity contribution in [1.82, 2.24) is 25.1 Å². The Hall–Kier alpha value is -3.26. The van der Waals surface area contributed by atoms with E-state index in [-0.39, 0.29) is 11.9 Å². The third-order valence-corrected chi connectivity index (χ3v) is 6.00. The van der Waals surface area contributed by atoms with Crippen LogP contribution >= 0.6 is 0 Å². The van der Waals surface area contributed by atoms with Crippen molar-refractivity contribution in [2.75, 3.05) is 31.2 Å². The number of hydrogen-bond donors (Lipinski definition) is 1. The molecular weight excluding hydrogens is 392 g/mol. The third-order valence-electron chi connectivity index (χ3n) is 6.00. The molecule has 0 saturated carbocycles. The van der Waals surface area contributed by atoms with Crippen LogP contribution < -0.4 is 10.2 Å². The van der Waals surface area contributed by atoms with Crippen LogP contribution in [-0.2, 0) is 17.7 Å². The molecule has 0 radical (unpaired) electrons. The molecule has 1 unspecified atom stereocenters. The van der Waals surface area contributed by atoms with Gasteiger partial charge in [-0.15, -0.1) is 10.2 Å². The van der Waals surface area contributed by atoms with E-state index in [9.17, 15) is 4.79 Å². The second-order valence-corrected chi connectivity index (χ2v) is 7.95. The zero-order chi connectivity index (χ0) is 21.0. The number of carbonyl (C=O) groups excluding carboxylic acids is 1. The molecule has 1 aromatic carbocycles. The fourth-order valence-electron chi connectivity index (χ4n) is 4.35. The van der Waals surface area contributed by atoms with Crippen molar-refractivity contribution in [3.8, 4) is 11.4 Å². The molecule has 5 rings (SSSR count). The molecule has 8 heteroatoms. The van der Waals surface area contributed by atoms with Crippen molar-refractivity contribution in [2.45, 2.75) is 31.8 Å². The highest BCUT2D eigenvalue weighted by Crippen LogP contribution is 2.24. The van der Waals surface area contributed by atoms with Gasteiger partial charge in [0.05, 0.1) is 18.8 Å². The Labute approximate surface area is 181 Å². The van der Waals surface area contributed by atoms with Gasteiger partial charge in [0, 0.05) is 55.7 Å². The van der Waals surface area contributed by atoms with Crippen LogP contribution in [0.4, 0.5) is 5.69 Å². The van der Waals surface area contributed by atoms with Crippen LogP contribution in [0.25, 0.3) is 11.4 Å². The normalized spacial score (nSPS) is 18.8. The van der Waals surface area contributed by atoms with Gasteiger partial charge in [-0.25, -0.2) is 0 Å². The summed E-state index contributed by atoms with van der Waals surface area (Å²) in [7, 11) is 0. The van der Waals surface area contributed by atoms with Gasteiger partial charge in [-0.3, -0.25) is 9.78 Å². The Bertz CT molecular complexity index is 1050. The lowest BCUT2D eigenvalue weighted by Crippen LogP contribution is -2.39. The Balaban J connectivity index is 1.29. The lowest BCUT2D eigenvalue weighted by molar-refractivity contribution is 0.0931. The summed E-state index contributed by atoms with van der Waals surface area (Å²) in [5.74, 6) is 1.79. The summed E-state index contributed by atoms with van der Waals surface area (Å²) < 4.78 is 7.62. The standard InChI is InChI=1S/C23H26N6O2/c30-23(19-5-1-2-6-20(19)28-12-14-31-15-13-28)25-18-7-8-21-26-27-22(29(21)11-9-18)17-4-3-10-24-16-17/h1-6,10,16,18H,7-9,11-15H2,(H,25,30). The quantitative estimate of drug-likeness (QED) is 0.700. The SMILES string of the molecule is O=C(NC1CCc2nnc(-c3cccnc3)n2CC1)c1ccccc1N1CCOCC1. The minimum Gasteiger partial charge on any atom is -0.378 e. The first kappa shape index (κ1) is 19.7. The van der Waals surface area contributed by atoms with E-state index in [0.29, 0.717) is 13.2 Å². The molecule has 8 nitrogen and oxygen atoms in total. The number of para-hydroxylation sites is 1. The van der Waals surface area contributed by atoms with Gasteiger partial charge >= 0.3 is 0 Å². The first-order valence-electron chi connectivity index (χ1n) is 10.8. The lowest BCUT2D eigenvalue weighted by atomic mass is 10.1. The number of benzene rings is 1. The Morgan fingerprint density at radius 2 is 1.90 bits per heavy atom. The molecule has 2 aliphatic heterocycles. The van der Waals surface area contributed by atoms with Crippen molar-refractivity contribution in [3.63, 3.8) is 0 Å². The highest BCUT2D eigenvalue weighted by atomic mass is 16.5. The van der Waals surface area contributed by atoms with Crippen LogP contribution in [0.5, 0.6) is 0 Å². The summed E-state index contributed by atoms with van der Waals surface area (Å²) in [5, 5.41) is 12.0. The molecule has 1 saturated heterocycles. The Morgan fingerprint density at radius 1 is 1.03 bits per heavy atom. The summed E-state index contributed by atoms with van der Waals surface area (Å²) >= 11 is 0. The fourth-order valence-corrected chi connectivity index (χ4v) is 4.35. The maximum absolute atomic E-state index is 13.2. The molecule has 1 fully saturated rings. The molecule has 1 amide bonds. The molecule has 0 bridgehead atoms. The second kappa shape index (κ2) is 8.85. The smallest absolute Gasteiger partial charge is 0.253 e. The van der Waals surface area contributed by atoms with E-state index >= 15 is 0 Å². The molecule has 0 spiro atoms. The number of rotatable bonds is 4. The zero-order valence-corrected chi connectivity index (χ0v) is 17.4. The first-order chi connectivity index (χ1) is 15.3. The highest BCUT2D eigenvalue weighted by Gasteiger charge is 2.24. The number of hydrogen-bond acceptors (Lipinski definition) is 6. The van der Waals surface area contributed by atoms with Gasteiger partial charge in [0.1, 0.15) is 5.82 Å². The topological polar surface area (TPSA) is 85.2 Å². The molecule has 31 heavy (non-hydrogen) atoms. The molecule has 1 N–H and O–H groups in total. The van der Waals surface area contributed by atoms with Crippen LogP contribution in [0.3, 0.4) is 0 Å². The maximum atomic E-state index is 13.2. The number of anilines is 1. The van der Waals surface area contributed by atoms with E-state index in [2.05, 4.69) is 30.0 Å². The number of pyridine rings is 1. The average Bonchev–Trinajstić information content (AvgIpc) is 3.14. The van der Waals surface area contributed by atoms with Gasteiger partial charge in [0.25, 0.3) is 5.91 Å². The van der Waals surface area contributed by atoms with Gasteiger partial charge in [-0.2, -0.15) is 0 Å². The number of fused-ring (bicyclic) bond motifs is 1. The first-order valence-corrected chi connectivity index (χ1v) is 10.8. The Kier molecular flexibility index (Phi) is 5.62. The summed E-state index contributed by atoms with van der Waals surface area (Å²) in [6.45, 7) is 3.76. The van der Waals surface area contributed by atoms with Crippen LogP contribution in [0, 0.1) is 0 Å². The number of ether oxygens (including phenoxy) is 1. The summed E-state index contributed by atoms with van der Waals surface area (Å²) in [6.07, 6.45) is 6.03. The predicted molar refractivity (Wildman–Crippen MR) is 117 cm³/mol. The molecule has 2 aromatic heterocycles. The van der Waals surface area contributed by atoms with Crippen molar-refractivity contribution in [3.05, 3.63) is 60.2 Å². The minimum absolute atomic E-state index is 0.0164. The number of nitrogens with zero attached hydrogens (tertiary/aromatic N) is 5. The van der Waals surface area contributed by atoms with Crippen molar-refractivity contribution >= 4 is 11.6 Å². The summed E-state index contributed by atoms with van der Waals surface area (Å²) in [6, 6.07) is 11.8. The number of nitrogens with one attached hydrogen (secondary N) is 1. The van der Waals surface area contributed by atoms with E-state index in [1.54, 1.807) is 6.20 Å². The predicted octanol–water partition coefficient (Wildman–Crippen LogP) is 2.31. The number of aryl methyl sites for hydroxylation is 1. The zero-order valence-electron chi connectivity index (χ0n) is 17.4. The van der Waals surface area contributed by atoms with Gasteiger partial charge in [0.2, 0.25) is 0 Å². The molecule has 1 atom stereocenters. The maximum Gasteiger partial charge on any atom is 0.253 e. The highest BCUT2D eigenvalue weighted by molar-refractivity contribution is 6.00. The van der Waals surface area contributed by atoms with Gasteiger partial charge < -0.3 is 19.5 Å². The van der Waals surface area contributed by atoms with E-state index in [1.165, 1.54) is 0 Å². The molecule has 4 heterocycles. The van der Waals surface area contributed by atoms with Gasteiger partial charge in [-0.05, 0) is 37.1 Å². The van der Waals surface area contributed by atoms with E-state index in [0.717, 1.165) is 67.4 Å². The summed E-state index contributed by atoms with van der Waals surface area (Å²) in [4.78, 5) is 19.6. The molecule has 2 aliphatic rings. The monoisotopic (exact) mass is 418 g/mol. The number of morpholine rings is 1. The summed E-state index contributed by atoms with van der Waals surface area (Å²) in [5.41, 5.74) is 2.67. The number of carbonyl (C=O) groups is 1. The van der Waals surface area contributed by atoms with Crippen molar-refractivity contribution in [2.24, 2.45) is 0 Å². The average molecular weight is 419 g/mol. The molecule has 3 aromatic rings. The largest absolute Gasteiger partial charge is 0.378 e. The Morgan fingerprint density at radius 3 is 2.74 bits per heavy atom. The van der Waals surface area contributed by atoms with Crippen LogP contribution in [-0.4, -0.2) is 58.0 Å². The molecular formula is C23H26N6O2. The van der Waals surface area contributed by atoms with Gasteiger partial charge in [0.15, 0.2) is 5.82 Å². The van der Waals surface area contributed by atoms with E-state index in [1.807, 2.05) is 42.6 Å². The van der Waals surface area contributed by atoms with E-state index in [4.69, 9.17) is 4.74 Å². The fraction of sp³-hybridized carbons (Fsp3) is 0.391. The molecule has 0 aliphatic carbocycles.